The van der Waals surface area contributed by atoms with Crippen LogP contribution in [-0.2, 0) is 0 Å². The van der Waals surface area contributed by atoms with Crippen LogP contribution >= 0.6 is 0 Å². The predicted octanol–water partition coefficient (Wildman–Crippen LogP) is 1.83. The van der Waals surface area contributed by atoms with Gasteiger partial charge in [0.1, 0.15) is 23.5 Å². The third-order valence-corrected chi connectivity index (χ3v) is 4.12. The third kappa shape index (κ3) is 3.98. The van der Waals surface area contributed by atoms with Gasteiger partial charge in [-0.2, -0.15) is 4.98 Å². The Kier molecular flexibility index (Phi) is 5.51. The lowest BCUT2D eigenvalue weighted by atomic mass is 10.0. The van der Waals surface area contributed by atoms with Crippen LogP contribution in [-0.4, -0.2) is 47.8 Å². The molecule has 3 rings (SSSR count). The standard InChI is InChI=1S/C18H24N8O/c1-26(2)17-14(16(23-10-24-17)22-8-4-3-7-19)15(20)11-5-6-13-12(9-11)25-18(21)27-13/h5-6,9-10,20H,3-4,7-8,19H2,1-2H3,(H2,21,25)(H,22,23,24). The minimum atomic E-state index is 0.105. The van der Waals surface area contributed by atoms with Gasteiger partial charge in [-0.25, -0.2) is 9.97 Å². The fourth-order valence-corrected chi connectivity index (χ4v) is 2.80. The average Bonchev–Trinajstić information content (AvgIpc) is 3.03. The maximum Gasteiger partial charge on any atom is 0.292 e. The molecular formula is C18H24N8O. The van der Waals surface area contributed by atoms with E-state index >= 15 is 0 Å². The number of nitrogens with one attached hydrogen (secondary N) is 2. The van der Waals surface area contributed by atoms with Gasteiger partial charge in [0.25, 0.3) is 6.01 Å². The highest BCUT2D eigenvalue weighted by molar-refractivity contribution is 6.17. The van der Waals surface area contributed by atoms with Gasteiger partial charge in [-0.05, 0) is 37.6 Å². The van der Waals surface area contributed by atoms with Gasteiger partial charge >= 0.3 is 0 Å². The van der Waals surface area contributed by atoms with E-state index < -0.39 is 0 Å². The summed E-state index contributed by atoms with van der Waals surface area (Å²) < 4.78 is 5.31. The Balaban J connectivity index is 1.99. The molecule has 1 aromatic carbocycles. The molecule has 6 N–H and O–H groups in total. The molecule has 0 bridgehead atoms. The maximum atomic E-state index is 8.79. The molecule has 0 radical (unpaired) electrons. The highest BCUT2D eigenvalue weighted by Gasteiger charge is 2.19. The number of aromatic nitrogens is 3. The molecule has 142 valence electrons. The van der Waals surface area contributed by atoms with Crippen molar-refractivity contribution in [2.45, 2.75) is 12.8 Å². The Morgan fingerprint density at radius 1 is 1.26 bits per heavy atom. The number of anilines is 3. The van der Waals surface area contributed by atoms with E-state index in [2.05, 4.69) is 20.3 Å². The zero-order valence-corrected chi connectivity index (χ0v) is 15.5. The number of hydrogen-bond donors (Lipinski definition) is 4. The Hall–Kier alpha value is -3.20. The summed E-state index contributed by atoms with van der Waals surface area (Å²) in [7, 11) is 3.78. The molecule has 2 heterocycles. The van der Waals surface area contributed by atoms with Crippen LogP contribution in [0.25, 0.3) is 11.1 Å². The number of nitrogens with zero attached hydrogens (tertiary/aromatic N) is 4. The van der Waals surface area contributed by atoms with E-state index in [1.165, 1.54) is 6.33 Å². The molecule has 0 aliphatic carbocycles. The SMILES string of the molecule is CN(C)c1ncnc(NCCCCN)c1C(=N)c1ccc2oc(N)nc2c1. The lowest BCUT2D eigenvalue weighted by Gasteiger charge is -2.19. The normalized spacial score (nSPS) is 10.9. The molecule has 27 heavy (non-hydrogen) atoms. The first-order valence-electron chi connectivity index (χ1n) is 8.73. The van der Waals surface area contributed by atoms with Crippen molar-refractivity contribution in [3.8, 4) is 0 Å². The summed E-state index contributed by atoms with van der Waals surface area (Å²) in [6, 6.07) is 5.45. The van der Waals surface area contributed by atoms with Crippen LogP contribution in [0, 0.1) is 5.41 Å². The summed E-state index contributed by atoms with van der Waals surface area (Å²) in [5.41, 5.74) is 14.0. The molecule has 0 saturated carbocycles. The monoisotopic (exact) mass is 368 g/mol. The molecule has 9 nitrogen and oxygen atoms in total. The number of fused-ring (bicyclic) bond motifs is 1. The molecule has 0 saturated heterocycles. The van der Waals surface area contributed by atoms with Crippen molar-refractivity contribution in [1.29, 1.82) is 5.41 Å². The quantitative estimate of drug-likeness (QED) is 0.348. The first-order valence-corrected chi connectivity index (χ1v) is 8.73. The number of unbranched alkanes of at least 4 members (excludes halogenated alkanes) is 1. The summed E-state index contributed by atoms with van der Waals surface area (Å²) in [6.45, 7) is 1.37. The number of rotatable bonds is 8. The van der Waals surface area contributed by atoms with E-state index in [9.17, 15) is 0 Å². The molecular weight excluding hydrogens is 344 g/mol. The molecule has 0 aliphatic rings. The molecule has 0 aliphatic heterocycles. The molecule has 0 spiro atoms. The number of benzene rings is 1. The van der Waals surface area contributed by atoms with E-state index in [1.54, 1.807) is 18.2 Å². The van der Waals surface area contributed by atoms with Crippen molar-refractivity contribution >= 4 is 34.5 Å². The minimum absolute atomic E-state index is 0.105. The Morgan fingerprint density at radius 2 is 2.07 bits per heavy atom. The summed E-state index contributed by atoms with van der Waals surface area (Å²) >= 11 is 0. The van der Waals surface area contributed by atoms with Crippen molar-refractivity contribution in [2.75, 3.05) is 43.1 Å². The molecule has 0 unspecified atom stereocenters. The van der Waals surface area contributed by atoms with Crippen molar-refractivity contribution < 1.29 is 4.42 Å². The van der Waals surface area contributed by atoms with E-state index in [4.69, 9.17) is 21.3 Å². The van der Waals surface area contributed by atoms with Gasteiger partial charge in [0.15, 0.2) is 5.58 Å². The second-order valence-electron chi connectivity index (χ2n) is 6.35. The highest BCUT2D eigenvalue weighted by Crippen LogP contribution is 2.27. The summed E-state index contributed by atoms with van der Waals surface area (Å²) in [4.78, 5) is 14.7. The van der Waals surface area contributed by atoms with Gasteiger partial charge in [0.05, 0.1) is 11.3 Å². The first-order chi connectivity index (χ1) is 13.0. The molecule has 9 heteroatoms. The van der Waals surface area contributed by atoms with Gasteiger partial charge in [-0.15, -0.1) is 0 Å². The predicted molar refractivity (Wildman–Crippen MR) is 107 cm³/mol. The second kappa shape index (κ2) is 8.00. The number of nitrogen functional groups attached to an aromatic ring is 1. The van der Waals surface area contributed by atoms with E-state index in [-0.39, 0.29) is 6.01 Å². The van der Waals surface area contributed by atoms with Crippen LogP contribution in [0.2, 0.25) is 0 Å². The molecule has 3 aromatic rings. The fourth-order valence-electron chi connectivity index (χ4n) is 2.80. The maximum absolute atomic E-state index is 8.79. The Morgan fingerprint density at radius 3 is 2.81 bits per heavy atom. The van der Waals surface area contributed by atoms with Gasteiger partial charge in [-0.3, -0.25) is 5.41 Å². The Bertz CT molecular complexity index is 950. The van der Waals surface area contributed by atoms with Crippen LogP contribution in [0.4, 0.5) is 17.7 Å². The van der Waals surface area contributed by atoms with Crippen molar-refractivity contribution in [2.24, 2.45) is 5.73 Å². The summed E-state index contributed by atoms with van der Waals surface area (Å²) in [5.74, 6) is 1.28. The zero-order valence-electron chi connectivity index (χ0n) is 15.5. The molecule has 0 fully saturated rings. The minimum Gasteiger partial charge on any atom is -0.424 e. The van der Waals surface area contributed by atoms with E-state index in [0.717, 1.165) is 19.4 Å². The van der Waals surface area contributed by atoms with Crippen molar-refractivity contribution in [1.82, 2.24) is 15.0 Å². The smallest absolute Gasteiger partial charge is 0.292 e. The number of nitrogens with two attached hydrogens (primary N) is 2. The van der Waals surface area contributed by atoms with Crippen LogP contribution in [0.3, 0.4) is 0 Å². The lowest BCUT2D eigenvalue weighted by molar-refractivity contribution is 0.626. The lowest BCUT2D eigenvalue weighted by Crippen LogP contribution is -2.20. The number of oxazole rings is 1. The van der Waals surface area contributed by atoms with Crippen LogP contribution < -0.4 is 21.7 Å². The second-order valence-corrected chi connectivity index (χ2v) is 6.35. The number of hydrogen-bond acceptors (Lipinski definition) is 9. The van der Waals surface area contributed by atoms with Crippen molar-refractivity contribution in [3.63, 3.8) is 0 Å². The molecule has 2 aromatic heterocycles. The molecule has 0 atom stereocenters. The topological polar surface area (TPSA) is 143 Å². The van der Waals surface area contributed by atoms with E-state index in [0.29, 0.717) is 46.1 Å². The van der Waals surface area contributed by atoms with Crippen LogP contribution in [0.5, 0.6) is 0 Å². The first kappa shape index (κ1) is 18.6. The van der Waals surface area contributed by atoms with Gasteiger partial charge in [0, 0.05) is 26.2 Å². The van der Waals surface area contributed by atoms with Crippen LogP contribution in [0.1, 0.15) is 24.0 Å². The third-order valence-electron chi connectivity index (χ3n) is 4.12. The van der Waals surface area contributed by atoms with Crippen LogP contribution in [0.15, 0.2) is 28.9 Å². The summed E-state index contributed by atoms with van der Waals surface area (Å²) in [5, 5.41) is 12.1. The van der Waals surface area contributed by atoms with E-state index in [1.807, 2.05) is 19.0 Å². The van der Waals surface area contributed by atoms with Gasteiger partial charge < -0.3 is 26.1 Å². The fraction of sp³-hybridized carbons (Fsp3) is 0.333. The molecule has 0 amide bonds. The Labute approximate surface area is 157 Å². The summed E-state index contributed by atoms with van der Waals surface area (Å²) in [6.07, 6.45) is 3.35. The largest absolute Gasteiger partial charge is 0.424 e. The average molecular weight is 368 g/mol. The highest BCUT2D eigenvalue weighted by atomic mass is 16.4. The van der Waals surface area contributed by atoms with Gasteiger partial charge in [-0.1, -0.05) is 0 Å². The zero-order chi connectivity index (χ0) is 19.4. The van der Waals surface area contributed by atoms with Crippen molar-refractivity contribution in [3.05, 3.63) is 35.7 Å². The van der Waals surface area contributed by atoms with Gasteiger partial charge in [0.2, 0.25) is 0 Å².